The Morgan fingerprint density at radius 2 is 2.25 bits per heavy atom. The average Bonchev–Trinajstić information content (AvgIpc) is 2.86. The lowest BCUT2D eigenvalue weighted by atomic mass is 10.1. The van der Waals surface area contributed by atoms with E-state index in [0.717, 1.165) is 17.9 Å². The number of hydrogen-bond acceptors (Lipinski definition) is 5. The lowest BCUT2D eigenvalue weighted by Gasteiger charge is -2.14. The molecule has 1 aromatic heterocycles. The van der Waals surface area contributed by atoms with Gasteiger partial charge in [0.2, 0.25) is 5.95 Å². The van der Waals surface area contributed by atoms with Gasteiger partial charge in [-0.25, -0.2) is 4.98 Å². The van der Waals surface area contributed by atoms with E-state index in [0.29, 0.717) is 23.4 Å². The Hall–Kier alpha value is -2.01. The number of para-hydroxylation sites is 1. The minimum Gasteiger partial charge on any atom is -0.491 e. The Labute approximate surface area is 122 Å². The topological polar surface area (TPSA) is 59.1 Å². The molecular formula is C14H15ClN4O. The van der Waals surface area contributed by atoms with Crippen LogP contribution >= 0.6 is 11.6 Å². The molecule has 104 valence electrons. The van der Waals surface area contributed by atoms with Gasteiger partial charge in [0, 0.05) is 12.1 Å². The molecule has 6 heteroatoms. The minimum atomic E-state index is 0.0491. The van der Waals surface area contributed by atoms with E-state index in [1.54, 1.807) is 6.20 Å². The normalized spacial score (nSPS) is 16.4. The van der Waals surface area contributed by atoms with E-state index in [9.17, 15) is 0 Å². The number of aromatic nitrogens is 2. The Morgan fingerprint density at radius 3 is 3.10 bits per heavy atom. The summed E-state index contributed by atoms with van der Waals surface area (Å²) in [6.07, 6.45) is 1.59. The fraction of sp³-hybridized carbons (Fsp3) is 0.286. The van der Waals surface area contributed by atoms with Crippen molar-refractivity contribution in [2.45, 2.75) is 13.0 Å². The highest BCUT2D eigenvalue weighted by molar-refractivity contribution is 6.32. The molecule has 0 aliphatic carbocycles. The lowest BCUT2D eigenvalue weighted by molar-refractivity contribution is 0.339. The molecule has 0 spiro atoms. The van der Waals surface area contributed by atoms with Crippen molar-refractivity contribution in [1.82, 2.24) is 9.97 Å². The molecule has 3 rings (SSSR count). The molecule has 20 heavy (non-hydrogen) atoms. The third-order valence-corrected chi connectivity index (χ3v) is 3.37. The highest BCUT2D eigenvalue weighted by atomic mass is 35.5. The van der Waals surface area contributed by atoms with Gasteiger partial charge in [0.05, 0.1) is 12.2 Å². The predicted octanol–water partition coefficient (Wildman–Crippen LogP) is 3.11. The molecule has 1 aromatic carbocycles. The maximum atomic E-state index is 6.15. The molecule has 2 heterocycles. The van der Waals surface area contributed by atoms with Crippen LogP contribution in [0.2, 0.25) is 5.02 Å². The Morgan fingerprint density at radius 1 is 1.40 bits per heavy atom. The third-order valence-electron chi connectivity index (χ3n) is 3.09. The van der Waals surface area contributed by atoms with Gasteiger partial charge < -0.3 is 15.4 Å². The Balaban J connectivity index is 1.83. The van der Waals surface area contributed by atoms with Crippen LogP contribution < -0.4 is 15.4 Å². The maximum Gasteiger partial charge on any atom is 0.224 e. The van der Waals surface area contributed by atoms with Crippen LogP contribution in [-0.2, 0) is 0 Å². The Kier molecular flexibility index (Phi) is 3.60. The van der Waals surface area contributed by atoms with Gasteiger partial charge in [0.1, 0.15) is 17.4 Å². The highest BCUT2D eigenvalue weighted by Crippen LogP contribution is 2.35. The molecule has 1 aliphatic rings. The summed E-state index contributed by atoms with van der Waals surface area (Å²) in [6.45, 7) is 3.32. The number of ether oxygens (including phenoxy) is 1. The monoisotopic (exact) mass is 290 g/mol. The van der Waals surface area contributed by atoms with Crippen molar-refractivity contribution in [3.05, 3.63) is 41.0 Å². The Bertz CT molecular complexity index is 620. The second kappa shape index (κ2) is 5.54. The standard InChI is InChI=1S/C14H15ClN4O/c1-2-16-14-17-7-10(15)13(19-14)18-11-8-20-12-6-4-3-5-9(11)12/h3-7,11H,2,8H2,1H3,(H2,16,17,18,19). The fourth-order valence-electron chi connectivity index (χ4n) is 2.16. The first kappa shape index (κ1) is 13.0. The molecule has 0 amide bonds. The third kappa shape index (κ3) is 2.49. The van der Waals surface area contributed by atoms with Crippen LogP contribution in [0.25, 0.3) is 0 Å². The van der Waals surface area contributed by atoms with E-state index in [4.69, 9.17) is 16.3 Å². The molecule has 1 atom stereocenters. The number of nitrogens with one attached hydrogen (secondary N) is 2. The van der Waals surface area contributed by atoms with Crippen molar-refractivity contribution in [2.75, 3.05) is 23.8 Å². The van der Waals surface area contributed by atoms with Crippen LogP contribution in [-0.4, -0.2) is 23.1 Å². The van der Waals surface area contributed by atoms with Crippen molar-refractivity contribution in [2.24, 2.45) is 0 Å². The minimum absolute atomic E-state index is 0.0491. The smallest absolute Gasteiger partial charge is 0.224 e. The number of rotatable bonds is 4. The van der Waals surface area contributed by atoms with E-state index in [-0.39, 0.29) is 6.04 Å². The van der Waals surface area contributed by atoms with Crippen LogP contribution in [0.15, 0.2) is 30.5 Å². The largest absolute Gasteiger partial charge is 0.491 e. The summed E-state index contributed by atoms with van der Waals surface area (Å²) < 4.78 is 5.64. The first-order chi connectivity index (χ1) is 9.78. The first-order valence-corrected chi connectivity index (χ1v) is 6.90. The molecule has 2 aromatic rings. The SMILES string of the molecule is CCNc1ncc(Cl)c(NC2COc3ccccc32)n1. The van der Waals surface area contributed by atoms with Gasteiger partial charge in [-0.2, -0.15) is 4.98 Å². The summed E-state index contributed by atoms with van der Waals surface area (Å²) >= 11 is 6.15. The summed E-state index contributed by atoms with van der Waals surface area (Å²) in [5.41, 5.74) is 1.12. The second-order valence-electron chi connectivity index (χ2n) is 4.47. The first-order valence-electron chi connectivity index (χ1n) is 6.52. The second-order valence-corrected chi connectivity index (χ2v) is 4.87. The molecule has 0 bridgehead atoms. The van der Waals surface area contributed by atoms with Crippen molar-refractivity contribution < 1.29 is 4.74 Å². The number of hydrogen-bond donors (Lipinski definition) is 2. The molecule has 1 unspecified atom stereocenters. The van der Waals surface area contributed by atoms with E-state index < -0.39 is 0 Å². The molecule has 5 nitrogen and oxygen atoms in total. The van der Waals surface area contributed by atoms with Gasteiger partial charge in [0.15, 0.2) is 5.82 Å². The van der Waals surface area contributed by atoms with Gasteiger partial charge in [-0.15, -0.1) is 0 Å². The van der Waals surface area contributed by atoms with Crippen molar-refractivity contribution >= 4 is 23.4 Å². The quantitative estimate of drug-likeness (QED) is 0.906. The predicted molar refractivity (Wildman–Crippen MR) is 79.5 cm³/mol. The van der Waals surface area contributed by atoms with Gasteiger partial charge in [-0.3, -0.25) is 0 Å². The molecule has 1 aliphatic heterocycles. The number of benzene rings is 1. The van der Waals surface area contributed by atoms with Crippen LogP contribution in [0.5, 0.6) is 5.75 Å². The van der Waals surface area contributed by atoms with E-state index in [1.807, 2.05) is 31.2 Å². The molecule has 0 saturated carbocycles. The summed E-state index contributed by atoms with van der Waals surface area (Å²) in [6, 6.07) is 8.01. The van der Waals surface area contributed by atoms with E-state index in [1.165, 1.54) is 0 Å². The van der Waals surface area contributed by atoms with Crippen LogP contribution in [0.4, 0.5) is 11.8 Å². The van der Waals surface area contributed by atoms with Crippen LogP contribution in [0, 0.1) is 0 Å². The number of fused-ring (bicyclic) bond motifs is 1. The summed E-state index contributed by atoms with van der Waals surface area (Å²) in [7, 11) is 0. The van der Waals surface area contributed by atoms with E-state index in [2.05, 4.69) is 20.6 Å². The van der Waals surface area contributed by atoms with Crippen LogP contribution in [0.1, 0.15) is 18.5 Å². The zero-order chi connectivity index (χ0) is 13.9. The molecule has 0 fully saturated rings. The zero-order valence-corrected chi connectivity index (χ0v) is 11.8. The summed E-state index contributed by atoms with van der Waals surface area (Å²) in [5, 5.41) is 6.88. The molecule has 0 radical (unpaired) electrons. The molecule has 0 saturated heterocycles. The number of nitrogens with zero attached hydrogens (tertiary/aromatic N) is 2. The van der Waals surface area contributed by atoms with Crippen LogP contribution in [0.3, 0.4) is 0 Å². The van der Waals surface area contributed by atoms with Crippen molar-refractivity contribution in [1.29, 1.82) is 0 Å². The fourth-order valence-corrected chi connectivity index (χ4v) is 2.30. The van der Waals surface area contributed by atoms with Gasteiger partial charge >= 0.3 is 0 Å². The van der Waals surface area contributed by atoms with E-state index >= 15 is 0 Å². The van der Waals surface area contributed by atoms with Gasteiger partial charge in [0.25, 0.3) is 0 Å². The molecular weight excluding hydrogens is 276 g/mol. The van der Waals surface area contributed by atoms with Gasteiger partial charge in [-0.05, 0) is 13.0 Å². The summed E-state index contributed by atoms with van der Waals surface area (Å²) in [5.74, 6) is 2.08. The maximum absolute atomic E-state index is 6.15. The van der Waals surface area contributed by atoms with Gasteiger partial charge in [-0.1, -0.05) is 29.8 Å². The number of halogens is 1. The average molecular weight is 291 g/mol. The lowest BCUT2D eigenvalue weighted by Crippen LogP contribution is -2.14. The summed E-state index contributed by atoms with van der Waals surface area (Å²) in [4.78, 5) is 8.50. The highest BCUT2D eigenvalue weighted by Gasteiger charge is 2.24. The zero-order valence-electron chi connectivity index (χ0n) is 11.1. The number of anilines is 2. The molecule has 2 N–H and O–H groups in total. The van der Waals surface area contributed by atoms with Crippen molar-refractivity contribution in [3.63, 3.8) is 0 Å². The van der Waals surface area contributed by atoms with Crippen molar-refractivity contribution in [3.8, 4) is 5.75 Å².